The third-order valence-corrected chi connectivity index (χ3v) is 3.77. The summed E-state index contributed by atoms with van der Waals surface area (Å²) in [6.07, 6.45) is -0.673. The Hall–Kier alpha value is -1.58. The third kappa shape index (κ3) is 1.77. The number of furan rings is 1. The highest BCUT2D eigenvalue weighted by Gasteiger charge is 2.17. The molecule has 0 aliphatic carbocycles. The Bertz CT molecular complexity index is 618. The van der Waals surface area contributed by atoms with Gasteiger partial charge in [-0.3, -0.25) is 0 Å². The zero-order valence-corrected chi connectivity index (χ0v) is 10.2. The Balaban J connectivity index is 2.07. The SMILES string of the molecule is Cc1sccc1C(O)c1cc2ccccc2o1. The van der Waals surface area contributed by atoms with Gasteiger partial charge in [-0.15, -0.1) is 11.3 Å². The molecule has 0 aliphatic rings. The van der Waals surface area contributed by atoms with Crippen molar-refractivity contribution in [1.29, 1.82) is 0 Å². The van der Waals surface area contributed by atoms with Crippen LogP contribution in [0.2, 0.25) is 0 Å². The van der Waals surface area contributed by atoms with E-state index in [2.05, 4.69) is 0 Å². The largest absolute Gasteiger partial charge is 0.458 e. The molecule has 1 aromatic carbocycles. The van der Waals surface area contributed by atoms with Crippen LogP contribution in [0.5, 0.6) is 0 Å². The second-order valence-corrected chi connectivity index (χ2v) is 5.14. The van der Waals surface area contributed by atoms with E-state index in [1.165, 1.54) is 0 Å². The molecule has 0 amide bonds. The van der Waals surface area contributed by atoms with E-state index in [1.54, 1.807) is 11.3 Å². The van der Waals surface area contributed by atoms with E-state index in [0.29, 0.717) is 5.76 Å². The summed E-state index contributed by atoms with van der Waals surface area (Å²) in [5.41, 5.74) is 1.74. The second kappa shape index (κ2) is 4.02. The number of hydrogen-bond acceptors (Lipinski definition) is 3. The van der Waals surface area contributed by atoms with Gasteiger partial charge in [0.05, 0.1) is 0 Å². The monoisotopic (exact) mass is 244 g/mol. The van der Waals surface area contributed by atoms with Gasteiger partial charge in [0.15, 0.2) is 0 Å². The standard InChI is InChI=1S/C14H12O2S/c1-9-11(6-7-17-9)14(15)13-8-10-4-2-3-5-12(10)16-13/h2-8,14-15H,1H3. The lowest BCUT2D eigenvalue weighted by atomic mass is 10.1. The summed E-state index contributed by atoms with van der Waals surface area (Å²) in [6.45, 7) is 2.01. The van der Waals surface area contributed by atoms with Crippen molar-refractivity contribution in [3.63, 3.8) is 0 Å². The molecular formula is C14H12O2S. The number of fused-ring (bicyclic) bond motifs is 1. The number of aryl methyl sites for hydroxylation is 1. The number of aliphatic hydroxyl groups is 1. The number of para-hydroxylation sites is 1. The number of benzene rings is 1. The Morgan fingerprint density at radius 2 is 2.06 bits per heavy atom. The zero-order valence-electron chi connectivity index (χ0n) is 9.38. The predicted molar refractivity (Wildman–Crippen MR) is 69.3 cm³/mol. The summed E-state index contributed by atoms with van der Waals surface area (Å²) < 4.78 is 5.66. The smallest absolute Gasteiger partial charge is 0.138 e. The molecule has 3 heteroatoms. The average Bonchev–Trinajstić information content (AvgIpc) is 2.93. The van der Waals surface area contributed by atoms with Crippen LogP contribution in [0.4, 0.5) is 0 Å². The molecule has 17 heavy (non-hydrogen) atoms. The van der Waals surface area contributed by atoms with Crippen LogP contribution in [0.1, 0.15) is 22.3 Å². The molecule has 2 heterocycles. The van der Waals surface area contributed by atoms with Crippen molar-refractivity contribution in [2.45, 2.75) is 13.0 Å². The number of rotatable bonds is 2. The molecular weight excluding hydrogens is 232 g/mol. The van der Waals surface area contributed by atoms with Gasteiger partial charge in [-0.1, -0.05) is 18.2 Å². The number of aliphatic hydroxyl groups excluding tert-OH is 1. The first-order valence-corrected chi connectivity index (χ1v) is 6.34. The fraction of sp³-hybridized carbons (Fsp3) is 0.143. The molecule has 0 saturated carbocycles. The van der Waals surface area contributed by atoms with Crippen molar-refractivity contribution < 1.29 is 9.52 Å². The van der Waals surface area contributed by atoms with Crippen LogP contribution in [0, 0.1) is 6.92 Å². The molecule has 0 aliphatic heterocycles. The van der Waals surface area contributed by atoms with Crippen molar-refractivity contribution in [2.24, 2.45) is 0 Å². The predicted octanol–water partition coefficient (Wildman–Crippen LogP) is 3.88. The minimum absolute atomic E-state index is 0.604. The first-order chi connectivity index (χ1) is 8.25. The average molecular weight is 244 g/mol. The summed E-state index contributed by atoms with van der Waals surface area (Å²) in [5, 5.41) is 13.3. The fourth-order valence-electron chi connectivity index (χ4n) is 1.97. The van der Waals surface area contributed by atoms with Gasteiger partial charge in [-0.25, -0.2) is 0 Å². The topological polar surface area (TPSA) is 33.4 Å². The van der Waals surface area contributed by atoms with Crippen LogP contribution in [0.3, 0.4) is 0 Å². The Labute approximate surface area is 103 Å². The molecule has 0 spiro atoms. The van der Waals surface area contributed by atoms with E-state index in [9.17, 15) is 5.11 Å². The van der Waals surface area contributed by atoms with Crippen molar-refractivity contribution in [1.82, 2.24) is 0 Å². The molecule has 3 rings (SSSR count). The first-order valence-electron chi connectivity index (χ1n) is 5.46. The molecule has 1 atom stereocenters. The lowest BCUT2D eigenvalue weighted by Crippen LogP contribution is -1.97. The van der Waals surface area contributed by atoms with Crippen molar-refractivity contribution >= 4 is 22.3 Å². The highest BCUT2D eigenvalue weighted by Crippen LogP contribution is 2.31. The fourth-order valence-corrected chi connectivity index (χ4v) is 2.70. The first kappa shape index (κ1) is 10.6. The van der Waals surface area contributed by atoms with E-state index in [4.69, 9.17) is 4.42 Å². The number of thiophene rings is 1. The van der Waals surface area contributed by atoms with Crippen molar-refractivity contribution in [2.75, 3.05) is 0 Å². The van der Waals surface area contributed by atoms with Gasteiger partial charge in [0.25, 0.3) is 0 Å². The van der Waals surface area contributed by atoms with E-state index < -0.39 is 6.10 Å². The molecule has 0 saturated heterocycles. The highest BCUT2D eigenvalue weighted by molar-refractivity contribution is 7.10. The van der Waals surface area contributed by atoms with Gasteiger partial charge in [-0.2, -0.15) is 0 Å². The second-order valence-electron chi connectivity index (χ2n) is 4.02. The zero-order chi connectivity index (χ0) is 11.8. The molecule has 1 unspecified atom stereocenters. The molecule has 0 fully saturated rings. The van der Waals surface area contributed by atoms with Gasteiger partial charge in [0.1, 0.15) is 17.4 Å². The van der Waals surface area contributed by atoms with Crippen LogP contribution in [-0.4, -0.2) is 5.11 Å². The molecule has 2 nitrogen and oxygen atoms in total. The van der Waals surface area contributed by atoms with Crippen molar-refractivity contribution in [3.05, 3.63) is 58.0 Å². The summed E-state index contributed by atoms with van der Waals surface area (Å²) in [5.74, 6) is 0.604. The maximum absolute atomic E-state index is 10.3. The summed E-state index contributed by atoms with van der Waals surface area (Å²) in [7, 11) is 0. The lowest BCUT2D eigenvalue weighted by molar-refractivity contribution is 0.192. The summed E-state index contributed by atoms with van der Waals surface area (Å²) in [4.78, 5) is 1.12. The molecule has 0 radical (unpaired) electrons. The third-order valence-electron chi connectivity index (χ3n) is 2.91. The van der Waals surface area contributed by atoms with Gasteiger partial charge in [0.2, 0.25) is 0 Å². The van der Waals surface area contributed by atoms with Crippen LogP contribution in [0.15, 0.2) is 46.2 Å². The Morgan fingerprint density at radius 1 is 1.24 bits per heavy atom. The molecule has 86 valence electrons. The molecule has 3 aromatic rings. The van der Waals surface area contributed by atoms with Gasteiger partial charge < -0.3 is 9.52 Å². The van der Waals surface area contributed by atoms with Gasteiger partial charge >= 0.3 is 0 Å². The maximum atomic E-state index is 10.3. The Morgan fingerprint density at radius 3 is 2.76 bits per heavy atom. The van der Waals surface area contributed by atoms with E-state index >= 15 is 0 Å². The maximum Gasteiger partial charge on any atom is 0.138 e. The van der Waals surface area contributed by atoms with Gasteiger partial charge in [0, 0.05) is 15.8 Å². The quantitative estimate of drug-likeness (QED) is 0.742. The minimum Gasteiger partial charge on any atom is -0.458 e. The van der Waals surface area contributed by atoms with E-state index in [-0.39, 0.29) is 0 Å². The molecule has 2 aromatic heterocycles. The molecule has 0 bridgehead atoms. The van der Waals surface area contributed by atoms with Crippen LogP contribution in [0.25, 0.3) is 11.0 Å². The summed E-state index contributed by atoms with van der Waals surface area (Å²) in [6, 6.07) is 11.6. The van der Waals surface area contributed by atoms with Crippen LogP contribution in [-0.2, 0) is 0 Å². The van der Waals surface area contributed by atoms with Crippen LogP contribution >= 0.6 is 11.3 Å². The normalized spacial score (nSPS) is 13.1. The van der Waals surface area contributed by atoms with E-state index in [1.807, 2.05) is 48.7 Å². The lowest BCUT2D eigenvalue weighted by Gasteiger charge is -2.06. The van der Waals surface area contributed by atoms with Crippen LogP contribution < -0.4 is 0 Å². The van der Waals surface area contributed by atoms with Crippen molar-refractivity contribution in [3.8, 4) is 0 Å². The molecule has 1 N–H and O–H groups in total. The highest BCUT2D eigenvalue weighted by atomic mass is 32.1. The van der Waals surface area contributed by atoms with Gasteiger partial charge in [-0.05, 0) is 30.5 Å². The summed E-state index contributed by atoms with van der Waals surface area (Å²) >= 11 is 1.63. The number of hydrogen-bond donors (Lipinski definition) is 1. The van der Waals surface area contributed by atoms with E-state index in [0.717, 1.165) is 21.4 Å². The Kier molecular flexibility index (Phi) is 2.50. The minimum atomic E-state index is -0.673.